The fourth-order valence-corrected chi connectivity index (χ4v) is 3.43. The van der Waals surface area contributed by atoms with Gasteiger partial charge in [0.25, 0.3) is 5.91 Å². The van der Waals surface area contributed by atoms with Crippen LogP contribution in [0.3, 0.4) is 0 Å². The van der Waals surface area contributed by atoms with Gasteiger partial charge in [-0.2, -0.15) is 0 Å². The number of hydrogen-bond acceptors (Lipinski definition) is 4. The van der Waals surface area contributed by atoms with Crippen molar-refractivity contribution in [1.82, 2.24) is 9.97 Å². The Morgan fingerprint density at radius 3 is 2.85 bits per heavy atom. The average Bonchev–Trinajstić information content (AvgIpc) is 3.27. The van der Waals surface area contributed by atoms with Crippen molar-refractivity contribution in [2.45, 2.75) is 6.92 Å². The van der Waals surface area contributed by atoms with Crippen molar-refractivity contribution < 1.29 is 9.53 Å². The van der Waals surface area contributed by atoms with Crippen molar-refractivity contribution >= 4 is 33.8 Å². The number of nitrogens with zero attached hydrogens (tertiary/aromatic N) is 1. The van der Waals surface area contributed by atoms with Gasteiger partial charge >= 0.3 is 0 Å². The summed E-state index contributed by atoms with van der Waals surface area (Å²) in [6.45, 7) is 1.98. The molecule has 0 fully saturated rings. The number of thiazole rings is 1. The number of anilines is 1. The normalized spacial score (nSPS) is 10.8. The predicted octanol–water partition coefficient (Wildman–Crippen LogP) is 4.86. The van der Waals surface area contributed by atoms with Gasteiger partial charge in [0.15, 0.2) is 0 Å². The van der Waals surface area contributed by atoms with E-state index in [1.807, 2.05) is 60.8 Å². The molecule has 1 amide bonds. The third kappa shape index (κ3) is 3.19. The molecule has 0 unspecified atom stereocenters. The first-order chi connectivity index (χ1) is 12.6. The molecule has 0 spiro atoms. The topological polar surface area (TPSA) is 67.0 Å². The number of hydrogen-bond donors (Lipinski definition) is 2. The fourth-order valence-electron chi connectivity index (χ4n) is 2.81. The van der Waals surface area contributed by atoms with Crippen LogP contribution in [0, 0.1) is 6.92 Å². The van der Waals surface area contributed by atoms with Crippen LogP contribution in [0.25, 0.3) is 22.2 Å². The molecule has 2 aromatic carbocycles. The van der Waals surface area contributed by atoms with Crippen LogP contribution < -0.4 is 10.1 Å². The smallest absolute Gasteiger partial charge is 0.272 e. The van der Waals surface area contributed by atoms with E-state index in [1.165, 1.54) is 0 Å². The van der Waals surface area contributed by atoms with E-state index in [0.717, 1.165) is 38.6 Å². The Hall–Kier alpha value is -3.12. The van der Waals surface area contributed by atoms with E-state index in [0.29, 0.717) is 5.69 Å². The van der Waals surface area contributed by atoms with Crippen LogP contribution in [0.1, 0.15) is 15.5 Å². The summed E-state index contributed by atoms with van der Waals surface area (Å²) in [5.41, 5.74) is 3.99. The zero-order chi connectivity index (χ0) is 18.1. The number of aromatic nitrogens is 2. The summed E-state index contributed by atoms with van der Waals surface area (Å²) in [5, 5.41) is 6.93. The van der Waals surface area contributed by atoms with Gasteiger partial charge < -0.3 is 15.0 Å². The summed E-state index contributed by atoms with van der Waals surface area (Å²) in [4.78, 5) is 20.2. The maximum absolute atomic E-state index is 12.6. The number of fused-ring (bicyclic) bond motifs is 1. The molecule has 0 radical (unpaired) electrons. The Bertz CT molecular complexity index is 1100. The van der Waals surface area contributed by atoms with Crippen LogP contribution in [0.2, 0.25) is 0 Å². The molecule has 0 aliphatic carbocycles. The maximum atomic E-state index is 12.6. The molecule has 5 nitrogen and oxygen atoms in total. The number of benzene rings is 2. The summed E-state index contributed by atoms with van der Waals surface area (Å²) in [5.74, 6) is 0.560. The van der Waals surface area contributed by atoms with Crippen LogP contribution in [-0.2, 0) is 0 Å². The fraction of sp³-hybridized carbons (Fsp3) is 0.100. The number of ether oxygens (including phenoxy) is 1. The summed E-state index contributed by atoms with van der Waals surface area (Å²) in [6.07, 6.45) is 0. The first-order valence-corrected chi connectivity index (χ1v) is 9.01. The zero-order valence-corrected chi connectivity index (χ0v) is 15.2. The van der Waals surface area contributed by atoms with Crippen molar-refractivity contribution in [3.05, 3.63) is 64.6 Å². The molecular weight excluding hydrogens is 346 g/mol. The highest BCUT2D eigenvalue weighted by Gasteiger charge is 2.11. The second-order valence-electron chi connectivity index (χ2n) is 5.92. The lowest BCUT2D eigenvalue weighted by Gasteiger charge is -2.05. The van der Waals surface area contributed by atoms with E-state index in [4.69, 9.17) is 4.74 Å². The third-order valence-electron chi connectivity index (χ3n) is 4.11. The Morgan fingerprint density at radius 2 is 2.08 bits per heavy atom. The number of H-pyrrole nitrogens is 1. The van der Waals surface area contributed by atoms with Crippen LogP contribution in [0.5, 0.6) is 5.75 Å². The predicted molar refractivity (Wildman–Crippen MR) is 105 cm³/mol. The standard InChI is InChI=1S/C20H17N3O2S/c1-12-21-19(11-26-12)13-4-3-5-15(8-13)22-20(24)18-9-14-6-7-16(25-2)10-17(14)23-18/h3-11,23H,1-2H3,(H,22,24). The van der Waals surface area contributed by atoms with E-state index in [9.17, 15) is 4.79 Å². The number of methoxy groups -OCH3 is 1. The lowest BCUT2D eigenvalue weighted by Crippen LogP contribution is -2.12. The minimum absolute atomic E-state index is 0.188. The number of rotatable bonds is 4. The van der Waals surface area contributed by atoms with Gasteiger partial charge in [0, 0.05) is 33.6 Å². The number of nitrogens with one attached hydrogen (secondary N) is 2. The number of carbonyl (C=O) groups excluding carboxylic acids is 1. The lowest BCUT2D eigenvalue weighted by molar-refractivity contribution is 0.102. The molecule has 130 valence electrons. The lowest BCUT2D eigenvalue weighted by atomic mass is 10.1. The Labute approximate surface area is 154 Å². The maximum Gasteiger partial charge on any atom is 0.272 e. The van der Waals surface area contributed by atoms with E-state index >= 15 is 0 Å². The number of aromatic amines is 1. The van der Waals surface area contributed by atoms with Crippen LogP contribution >= 0.6 is 11.3 Å². The summed E-state index contributed by atoms with van der Waals surface area (Å²) in [6, 6.07) is 15.2. The molecule has 4 aromatic rings. The second-order valence-corrected chi connectivity index (χ2v) is 6.99. The molecule has 0 atom stereocenters. The van der Waals surface area contributed by atoms with E-state index in [-0.39, 0.29) is 5.91 Å². The van der Waals surface area contributed by atoms with Crippen molar-refractivity contribution in [2.24, 2.45) is 0 Å². The molecule has 0 saturated heterocycles. The first-order valence-electron chi connectivity index (χ1n) is 8.13. The average molecular weight is 363 g/mol. The van der Waals surface area contributed by atoms with Crippen molar-refractivity contribution in [1.29, 1.82) is 0 Å². The molecule has 26 heavy (non-hydrogen) atoms. The monoisotopic (exact) mass is 363 g/mol. The molecular formula is C20H17N3O2S. The van der Waals surface area contributed by atoms with E-state index in [2.05, 4.69) is 15.3 Å². The van der Waals surface area contributed by atoms with Crippen LogP contribution in [0.15, 0.2) is 53.9 Å². The molecule has 0 aliphatic heterocycles. The Kier molecular flexibility index (Phi) is 4.18. The molecule has 0 aliphatic rings. The summed E-state index contributed by atoms with van der Waals surface area (Å²) >= 11 is 1.61. The van der Waals surface area contributed by atoms with Gasteiger partial charge in [-0.15, -0.1) is 11.3 Å². The molecule has 6 heteroatoms. The molecule has 4 rings (SSSR count). The van der Waals surface area contributed by atoms with Gasteiger partial charge in [0.05, 0.1) is 17.8 Å². The van der Waals surface area contributed by atoms with Crippen molar-refractivity contribution in [3.8, 4) is 17.0 Å². The Balaban J connectivity index is 1.58. The van der Waals surface area contributed by atoms with Gasteiger partial charge in [0.2, 0.25) is 0 Å². The second kappa shape index (κ2) is 6.65. The number of amides is 1. The quantitative estimate of drug-likeness (QED) is 0.544. The third-order valence-corrected chi connectivity index (χ3v) is 4.88. The van der Waals surface area contributed by atoms with Crippen molar-refractivity contribution in [2.75, 3.05) is 12.4 Å². The highest BCUT2D eigenvalue weighted by Crippen LogP contribution is 2.25. The molecule has 0 bridgehead atoms. The molecule has 2 N–H and O–H groups in total. The first kappa shape index (κ1) is 16.4. The summed E-state index contributed by atoms with van der Waals surface area (Å²) in [7, 11) is 1.62. The SMILES string of the molecule is COc1ccc2cc(C(=O)Nc3cccc(-c4csc(C)n4)c3)[nH]c2c1. The Morgan fingerprint density at radius 1 is 1.19 bits per heavy atom. The minimum Gasteiger partial charge on any atom is -0.497 e. The highest BCUT2D eigenvalue weighted by molar-refractivity contribution is 7.09. The van der Waals surface area contributed by atoms with Crippen LogP contribution in [-0.4, -0.2) is 23.0 Å². The van der Waals surface area contributed by atoms with Gasteiger partial charge in [0.1, 0.15) is 11.4 Å². The minimum atomic E-state index is -0.188. The van der Waals surface area contributed by atoms with Crippen molar-refractivity contribution in [3.63, 3.8) is 0 Å². The summed E-state index contributed by atoms with van der Waals surface area (Å²) < 4.78 is 5.22. The number of carbonyl (C=O) groups is 1. The van der Waals surface area contributed by atoms with Gasteiger partial charge in [-0.1, -0.05) is 12.1 Å². The van der Waals surface area contributed by atoms with Gasteiger partial charge in [-0.3, -0.25) is 4.79 Å². The number of aryl methyl sites for hydroxylation is 1. The molecule has 2 aromatic heterocycles. The molecule has 2 heterocycles. The van der Waals surface area contributed by atoms with Gasteiger partial charge in [-0.25, -0.2) is 4.98 Å². The largest absolute Gasteiger partial charge is 0.497 e. The van der Waals surface area contributed by atoms with E-state index < -0.39 is 0 Å². The molecule has 0 saturated carbocycles. The zero-order valence-electron chi connectivity index (χ0n) is 14.4. The highest BCUT2D eigenvalue weighted by atomic mass is 32.1. The van der Waals surface area contributed by atoms with Gasteiger partial charge in [-0.05, 0) is 37.3 Å². The van der Waals surface area contributed by atoms with Crippen LogP contribution in [0.4, 0.5) is 5.69 Å². The van der Waals surface area contributed by atoms with E-state index in [1.54, 1.807) is 18.4 Å².